The van der Waals surface area contributed by atoms with Gasteiger partial charge >= 0.3 is 0 Å². The quantitative estimate of drug-likeness (QED) is 0.356. The summed E-state index contributed by atoms with van der Waals surface area (Å²) in [4.78, 5) is 12.1. The third-order valence-electron chi connectivity index (χ3n) is 3.18. The molecule has 1 N–H and O–H groups in total. The average Bonchev–Trinajstić information content (AvgIpc) is 2.55. The molecule has 138 valence electrons. The summed E-state index contributed by atoms with van der Waals surface area (Å²) in [6.45, 7) is -0.410. The maximum Gasteiger partial charge on any atom is 0.260 e. The highest BCUT2D eigenvalue weighted by atomic mass is 127. The highest BCUT2D eigenvalue weighted by Crippen LogP contribution is 2.22. The van der Waals surface area contributed by atoms with Crippen LogP contribution in [0.4, 0.5) is 5.69 Å². The van der Waals surface area contributed by atoms with Gasteiger partial charge in [0.15, 0.2) is 0 Å². The van der Waals surface area contributed by atoms with E-state index < -0.39 is 22.5 Å². The van der Waals surface area contributed by atoms with Crippen LogP contribution in [0.5, 0.6) is 0 Å². The van der Waals surface area contributed by atoms with Gasteiger partial charge in [-0.15, -0.1) is 0 Å². The van der Waals surface area contributed by atoms with Crippen LogP contribution in [0.25, 0.3) is 0 Å². The number of hydrogen-bond acceptors (Lipinski definition) is 4. The fourth-order valence-electron chi connectivity index (χ4n) is 1.98. The fraction of sp³-hybridized carbons (Fsp3) is 0.125. The van der Waals surface area contributed by atoms with E-state index in [0.717, 1.165) is 14.1 Å². The van der Waals surface area contributed by atoms with Gasteiger partial charge in [0, 0.05) is 9.13 Å². The van der Waals surface area contributed by atoms with Gasteiger partial charge in [0.2, 0.25) is 10.0 Å². The first kappa shape index (κ1) is 20.9. The lowest BCUT2D eigenvalue weighted by Crippen LogP contribution is -2.39. The van der Waals surface area contributed by atoms with Crippen molar-refractivity contribution >= 4 is 73.6 Å². The second kappa shape index (κ2) is 9.03. The Labute approximate surface area is 175 Å². The molecule has 0 aliphatic heterocycles. The van der Waals surface area contributed by atoms with Crippen LogP contribution >= 0.6 is 45.8 Å². The molecule has 2 rings (SSSR count). The van der Waals surface area contributed by atoms with Crippen LogP contribution in [-0.2, 0) is 14.8 Å². The molecule has 0 saturated heterocycles. The Balaban J connectivity index is 2.11. The summed E-state index contributed by atoms with van der Waals surface area (Å²) in [7, 11) is -3.64. The van der Waals surface area contributed by atoms with E-state index in [-0.39, 0.29) is 0 Å². The van der Waals surface area contributed by atoms with Crippen LogP contribution in [0.1, 0.15) is 5.56 Å². The number of hydrogen-bond donors (Lipinski definition) is 1. The summed E-state index contributed by atoms with van der Waals surface area (Å²) >= 11 is 14.1. The van der Waals surface area contributed by atoms with Crippen LogP contribution in [0.15, 0.2) is 47.6 Å². The molecule has 2 aromatic carbocycles. The van der Waals surface area contributed by atoms with Crippen molar-refractivity contribution in [1.29, 1.82) is 0 Å². The summed E-state index contributed by atoms with van der Waals surface area (Å²) in [5.74, 6) is -0.603. The summed E-state index contributed by atoms with van der Waals surface area (Å²) in [5, 5.41) is 4.55. The minimum atomic E-state index is -3.64. The Kier molecular flexibility index (Phi) is 7.27. The molecule has 1 amide bonds. The number of carbonyl (C=O) groups excluding carboxylic acids is 1. The van der Waals surface area contributed by atoms with Gasteiger partial charge in [-0.25, -0.2) is 13.8 Å². The molecule has 0 aromatic heterocycles. The topological polar surface area (TPSA) is 78.8 Å². The molecule has 2 aromatic rings. The highest BCUT2D eigenvalue weighted by molar-refractivity contribution is 14.1. The first-order valence-electron chi connectivity index (χ1n) is 7.17. The van der Waals surface area contributed by atoms with Crippen LogP contribution in [0.3, 0.4) is 0 Å². The maximum atomic E-state index is 12.1. The molecule has 0 radical (unpaired) electrons. The summed E-state index contributed by atoms with van der Waals surface area (Å²) in [5.41, 5.74) is 3.12. The molecular formula is C16H14Cl2IN3O3S. The van der Waals surface area contributed by atoms with E-state index in [4.69, 9.17) is 23.2 Å². The lowest BCUT2D eigenvalue weighted by molar-refractivity contribution is -0.119. The van der Waals surface area contributed by atoms with E-state index >= 15 is 0 Å². The molecule has 6 nitrogen and oxygen atoms in total. The number of amides is 1. The minimum Gasteiger partial charge on any atom is -0.271 e. The third-order valence-corrected chi connectivity index (χ3v) is 5.70. The third kappa shape index (κ3) is 5.83. The summed E-state index contributed by atoms with van der Waals surface area (Å²) < 4.78 is 26.0. The number of rotatable bonds is 6. The average molecular weight is 526 g/mol. The SMILES string of the molecule is CS(=O)(=O)N(CC(=O)N/N=C\c1c(Cl)cccc1Cl)c1ccc(I)cc1. The number of carbonyl (C=O) groups is 1. The summed E-state index contributed by atoms with van der Waals surface area (Å²) in [6.07, 6.45) is 2.34. The summed E-state index contributed by atoms with van der Waals surface area (Å²) in [6, 6.07) is 11.7. The Morgan fingerprint density at radius 2 is 1.77 bits per heavy atom. The van der Waals surface area contributed by atoms with Gasteiger partial charge in [-0.3, -0.25) is 9.10 Å². The highest BCUT2D eigenvalue weighted by Gasteiger charge is 2.20. The Morgan fingerprint density at radius 1 is 1.19 bits per heavy atom. The molecule has 0 spiro atoms. The predicted molar refractivity (Wildman–Crippen MR) is 114 cm³/mol. The van der Waals surface area contributed by atoms with E-state index in [1.807, 2.05) is 0 Å². The fourth-order valence-corrected chi connectivity index (χ4v) is 3.69. The van der Waals surface area contributed by atoms with E-state index in [1.54, 1.807) is 42.5 Å². The number of sulfonamides is 1. The van der Waals surface area contributed by atoms with Gasteiger partial charge in [0.05, 0.1) is 28.2 Å². The van der Waals surface area contributed by atoms with Crippen molar-refractivity contribution < 1.29 is 13.2 Å². The zero-order valence-corrected chi connectivity index (χ0v) is 18.0. The van der Waals surface area contributed by atoms with Gasteiger partial charge in [0.25, 0.3) is 5.91 Å². The van der Waals surface area contributed by atoms with Crippen LogP contribution in [0.2, 0.25) is 10.0 Å². The van der Waals surface area contributed by atoms with E-state index in [1.165, 1.54) is 6.21 Å². The zero-order valence-electron chi connectivity index (χ0n) is 13.5. The maximum absolute atomic E-state index is 12.1. The predicted octanol–water partition coefficient (Wildman–Crippen LogP) is 3.51. The van der Waals surface area contributed by atoms with E-state index in [2.05, 4.69) is 33.1 Å². The monoisotopic (exact) mass is 525 g/mol. The lowest BCUT2D eigenvalue weighted by Gasteiger charge is -2.21. The molecule has 0 bridgehead atoms. The Bertz CT molecular complexity index is 914. The zero-order chi connectivity index (χ0) is 19.3. The Hall–Kier alpha value is -1.36. The minimum absolute atomic E-state index is 0.382. The molecule has 0 fully saturated rings. The van der Waals surface area contributed by atoms with Crippen LogP contribution in [0, 0.1) is 3.57 Å². The molecule has 0 atom stereocenters. The van der Waals surface area contributed by atoms with Crippen molar-refractivity contribution in [3.8, 4) is 0 Å². The number of halogens is 3. The second-order valence-corrected chi connectivity index (χ2v) is 9.14. The van der Waals surface area contributed by atoms with Gasteiger partial charge in [-0.1, -0.05) is 29.3 Å². The normalized spacial score (nSPS) is 11.5. The number of benzene rings is 2. The first-order valence-corrected chi connectivity index (χ1v) is 10.9. The molecule has 0 heterocycles. The molecular weight excluding hydrogens is 512 g/mol. The number of hydrazone groups is 1. The second-order valence-electron chi connectivity index (χ2n) is 5.17. The van der Waals surface area contributed by atoms with Gasteiger partial charge < -0.3 is 0 Å². The smallest absolute Gasteiger partial charge is 0.260 e. The van der Waals surface area contributed by atoms with E-state index in [0.29, 0.717) is 21.3 Å². The van der Waals surface area contributed by atoms with Crippen molar-refractivity contribution in [2.24, 2.45) is 5.10 Å². The van der Waals surface area contributed by atoms with Gasteiger partial charge in [-0.05, 0) is 59.0 Å². The van der Waals surface area contributed by atoms with Crippen molar-refractivity contribution in [2.45, 2.75) is 0 Å². The van der Waals surface area contributed by atoms with Crippen molar-refractivity contribution in [3.05, 3.63) is 61.6 Å². The molecule has 0 saturated carbocycles. The molecule has 0 aliphatic rings. The van der Waals surface area contributed by atoms with Crippen molar-refractivity contribution in [1.82, 2.24) is 5.43 Å². The Morgan fingerprint density at radius 3 is 2.31 bits per heavy atom. The lowest BCUT2D eigenvalue weighted by atomic mass is 10.2. The van der Waals surface area contributed by atoms with Crippen molar-refractivity contribution in [2.75, 3.05) is 17.1 Å². The van der Waals surface area contributed by atoms with Crippen LogP contribution < -0.4 is 9.73 Å². The van der Waals surface area contributed by atoms with Gasteiger partial charge in [-0.2, -0.15) is 5.10 Å². The molecule has 26 heavy (non-hydrogen) atoms. The van der Waals surface area contributed by atoms with Gasteiger partial charge in [0.1, 0.15) is 6.54 Å². The van der Waals surface area contributed by atoms with Crippen LogP contribution in [-0.4, -0.2) is 33.3 Å². The number of nitrogens with zero attached hydrogens (tertiary/aromatic N) is 2. The van der Waals surface area contributed by atoms with E-state index in [9.17, 15) is 13.2 Å². The molecule has 10 heteroatoms. The van der Waals surface area contributed by atoms with Crippen molar-refractivity contribution in [3.63, 3.8) is 0 Å². The number of anilines is 1. The first-order chi connectivity index (χ1) is 12.2. The molecule has 0 aliphatic carbocycles. The largest absolute Gasteiger partial charge is 0.271 e. The number of nitrogens with one attached hydrogen (secondary N) is 1. The molecule has 0 unspecified atom stereocenters. The standard InChI is InChI=1S/C16H14Cl2IN3O3S/c1-26(24,25)22(12-7-5-11(19)6-8-12)10-16(23)21-20-9-13-14(17)3-2-4-15(13)18/h2-9H,10H2,1H3,(H,21,23)/b20-9-.